The molecule has 0 aliphatic carbocycles. The van der Waals surface area contributed by atoms with Crippen molar-refractivity contribution in [3.05, 3.63) is 28.8 Å². The Kier molecular flexibility index (Phi) is 3.80. The van der Waals surface area contributed by atoms with E-state index in [0.717, 1.165) is 36.3 Å². The molecule has 1 fully saturated rings. The largest absolute Gasteiger partial charge is 0.398 e. The molecule has 1 aliphatic rings. The zero-order valence-corrected chi connectivity index (χ0v) is 12.2. The van der Waals surface area contributed by atoms with Gasteiger partial charge in [0.05, 0.1) is 0 Å². The standard InChI is InChI=1S/C15H23N3O/c1-10-7-11(2)14(16)8-13(10)15(19)18-6-5-17(4)9-12(18)3/h7-8,12H,5-6,9,16H2,1-4H3. The maximum absolute atomic E-state index is 12.7. The smallest absolute Gasteiger partial charge is 0.254 e. The summed E-state index contributed by atoms with van der Waals surface area (Å²) in [7, 11) is 2.09. The van der Waals surface area contributed by atoms with Crippen LogP contribution in [0.2, 0.25) is 0 Å². The summed E-state index contributed by atoms with van der Waals surface area (Å²) in [6, 6.07) is 4.05. The van der Waals surface area contributed by atoms with Gasteiger partial charge in [-0.3, -0.25) is 4.79 Å². The number of carbonyl (C=O) groups is 1. The summed E-state index contributed by atoms with van der Waals surface area (Å²) in [5.41, 5.74) is 9.39. The van der Waals surface area contributed by atoms with Crippen molar-refractivity contribution in [2.24, 2.45) is 0 Å². The van der Waals surface area contributed by atoms with Gasteiger partial charge >= 0.3 is 0 Å². The number of anilines is 1. The molecule has 1 amide bonds. The van der Waals surface area contributed by atoms with Crippen LogP contribution in [0.4, 0.5) is 5.69 Å². The molecule has 2 N–H and O–H groups in total. The molecular formula is C15H23N3O. The Morgan fingerprint density at radius 1 is 1.26 bits per heavy atom. The summed E-state index contributed by atoms with van der Waals surface area (Å²) in [5, 5.41) is 0. The number of rotatable bonds is 1. The zero-order valence-electron chi connectivity index (χ0n) is 12.2. The van der Waals surface area contributed by atoms with Crippen molar-refractivity contribution in [3.63, 3.8) is 0 Å². The minimum absolute atomic E-state index is 0.102. The second-order valence-electron chi connectivity index (χ2n) is 5.63. The van der Waals surface area contributed by atoms with E-state index in [1.54, 1.807) is 0 Å². The van der Waals surface area contributed by atoms with Gasteiger partial charge in [0, 0.05) is 36.9 Å². The first kappa shape index (κ1) is 13.9. The third kappa shape index (κ3) is 2.73. The summed E-state index contributed by atoms with van der Waals surface area (Å²) in [6.07, 6.45) is 0. The van der Waals surface area contributed by atoms with E-state index in [-0.39, 0.29) is 11.9 Å². The molecule has 0 bridgehead atoms. The fourth-order valence-corrected chi connectivity index (χ4v) is 2.70. The van der Waals surface area contributed by atoms with E-state index in [4.69, 9.17) is 5.73 Å². The molecule has 4 nitrogen and oxygen atoms in total. The number of aryl methyl sites for hydroxylation is 2. The van der Waals surface area contributed by atoms with E-state index >= 15 is 0 Å². The lowest BCUT2D eigenvalue weighted by molar-refractivity contribution is 0.0533. The van der Waals surface area contributed by atoms with Crippen LogP contribution in [0.1, 0.15) is 28.4 Å². The SMILES string of the molecule is Cc1cc(C)c(C(=O)N2CCN(C)CC2C)cc1N. The van der Waals surface area contributed by atoms with Crippen molar-refractivity contribution in [1.29, 1.82) is 0 Å². The van der Waals surface area contributed by atoms with Gasteiger partial charge in [0.15, 0.2) is 0 Å². The average Bonchev–Trinajstić information content (AvgIpc) is 2.33. The third-order valence-electron chi connectivity index (χ3n) is 3.93. The molecule has 1 aliphatic heterocycles. The number of nitrogen functional groups attached to an aromatic ring is 1. The van der Waals surface area contributed by atoms with Gasteiger partial charge in [0.2, 0.25) is 0 Å². The second kappa shape index (κ2) is 5.21. The molecule has 19 heavy (non-hydrogen) atoms. The molecule has 1 aromatic rings. The lowest BCUT2D eigenvalue weighted by Gasteiger charge is -2.38. The van der Waals surface area contributed by atoms with Gasteiger partial charge in [-0.05, 0) is 45.0 Å². The second-order valence-corrected chi connectivity index (χ2v) is 5.63. The van der Waals surface area contributed by atoms with Gasteiger partial charge in [-0.1, -0.05) is 6.07 Å². The van der Waals surface area contributed by atoms with E-state index in [9.17, 15) is 4.79 Å². The lowest BCUT2D eigenvalue weighted by atomic mass is 10.0. The summed E-state index contributed by atoms with van der Waals surface area (Å²) >= 11 is 0. The Morgan fingerprint density at radius 2 is 1.95 bits per heavy atom. The van der Waals surface area contributed by atoms with Gasteiger partial charge in [-0.15, -0.1) is 0 Å². The molecule has 2 rings (SSSR count). The lowest BCUT2D eigenvalue weighted by Crippen LogP contribution is -2.52. The number of likely N-dealkylation sites (N-methyl/N-ethyl adjacent to an activating group) is 1. The van der Waals surface area contributed by atoms with Gasteiger partial charge < -0.3 is 15.5 Å². The molecule has 1 heterocycles. The van der Waals surface area contributed by atoms with Gasteiger partial charge in [-0.25, -0.2) is 0 Å². The fourth-order valence-electron chi connectivity index (χ4n) is 2.70. The van der Waals surface area contributed by atoms with Crippen molar-refractivity contribution in [3.8, 4) is 0 Å². The first-order chi connectivity index (χ1) is 8.90. The predicted octanol–water partition coefficient (Wildman–Crippen LogP) is 1.66. The topological polar surface area (TPSA) is 49.6 Å². The van der Waals surface area contributed by atoms with Crippen LogP contribution in [0.3, 0.4) is 0 Å². The van der Waals surface area contributed by atoms with Crippen molar-refractivity contribution < 1.29 is 4.79 Å². The molecule has 0 spiro atoms. The number of nitrogens with zero attached hydrogens (tertiary/aromatic N) is 2. The number of carbonyl (C=O) groups excluding carboxylic acids is 1. The predicted molar refractivity (Wildman–Crippen MR) is 78.3 cm³/mol. The summed E-state index contributed by atoms with van der Waals surface area (Å²) in [5.74, 6) is 0.102. The number of amides is 1. The molecule has 1 saturated heterocycles. The van der Waals surface area contributed by atoms with Crippen molar-refractivity contribution in [2.75, 3.05) is 32.4 Å². The van der Waals surface area contributed by atoms with E-state index in [1.807, 2.05) is 30.9 Å². The normalized spacial score (nSPS) is 20.6. The van der Waals surface area contributed by atoms with Gasteiger partial charge in [-0.2, -0.15) is 0 Å². The van der Waals surface area contributed by atoms with Crippen LogP contribution >= 0.6 is 0 Å². The number of hydrogen-bond donors (Lipinski definition) is 1. The highest BCUT2D eigenvalue weighted by atomic mass is 16.2. The van der Waals surface area contributed by atoms with Crippen molar-refractivity contribution >= 4 is 11.6 Å². The first-order valence-corrected chi connectivity index (χ1v) is 6.76. The highest BCUT2D eigenvalue weighted by Gasteiger charge is 2.27. The molecule has 1 unspecified atom stereocenters. The number of hydrogen-bond acceptors (Lipinski definition) is 3. The third-order valence-corrected chi connectivity index (χ3v) is 3.93. The minimum atomic E-state index is 0.102. The Balaban J connectivity index is 2.27. The highest BCUT2D eigenvalue weighted by Crippen LogP contribution is 2.21. The maximum atomic E-state index is 12.7. The Labute approximate surface area is 115 Å². The monoisotopic (exact) mass is 261 g/mol. The van der Waals surface area contributed by atoms with E-state index in [1.165, 1.54) is 0 Å². The van der Waals surface area contributed by atoms with Crippen LogP contribution in [-0.4, -0.2) is 48.4 Å². The van der Waals surface area contributed by atoms with Crippen LogP contribution in [0, 0.1) is 13.8 Å². The quantitative estimate of drug-likeness (QED) is 0.782. The first-order valence-electron chi connectivity index (χ1n) is 6.76. The zero-order chi connectivity index (χ0) is 14.2. The molecule has 0 aromatic heterocycles. The molecule has 4 heteroatoms. The summed E-state index contributed by atoms with van der Waals surface area (Å²) in [6.45, 7) is 8.67. The van der Waals surface area contributed by atoms with Crippen molar-refractivity contribution in [1.82, 2.24) is 9.80 Å². The van der Waals surface area contributed by atoms with Crippen LogP contribution in [0.25, 0.3) is 0 Å². The van der Waals surface area contributed by atoms with E-state index < -0.39 is 0 Å². The molecule has 0 radical (unpaired) electrons. The Bertz CT molecular complexity index is 498. The highest BCUT2D eigenvalue weighted by molar-refractivity contribution is 5.97. The van der Waals surface area contributed by atoms with E-state index in [0.29, 0.717) is 5.69 Å². The van der Waals surface area contributed by atoms with Crippen LogP contribution in [0.15, 0.2) is 12.1 Å². The average molecular weight is 261 g/mol. The van der Waals surface area contributed by atoms with Gasteiger partial charge in [0.1, 0.15) is 0 Å². The molecule has 1 atom stereocenters. The molecule has 104 valence electrons. The summed E-state index contributed by atoms with van der Waals surface area (Å²) < 4.78 is 0. The Morgan fingerprint density at radius 3 is 2.58 bits per heavy atom. The number of benzene rings is 1. The fraction of sp³-hybridized carbons (Fsp3) is 0.533. The summed E-state index contributed by atoms with van der Waals surface area (Å²) in [4.78, 5) is 16.9. The maximum Gasteiger partial charge on any atom is 0.254 e. The number of piperazine rings is 1. The number of nitrogens with two attached hydrogens (primary N) is 1. The minimum Gasteiger partial charge on any atom is -0.398 e. The Hall–Kier alpha value is -1.55. The van der Waals surface area contributed by atoms with Crippen LogP contribution in [0.5, 0.6) is 0 Å². The van der Waals surface area contributed by atoms with Crippen LogP contribution in [-0.2, 0) is 0 Å². The van der Waals surface area contributed by atoms with Gasteiger partial charge in [0.25, 0.3) is 5.91 Å². The van der Waals surface area contributed by atoms with Crippen molar-refractivity contribution in [2.45, 2.75) is 26.8 Å². The molecule has 0 saturated carbocycles. The van der Waals surface area contributed by atoms with E-state index in [2.05, 4.69) is 18.9 Å². The molecule has 1 aromatic carbocycles. The van der Waals surface area contributed by atoms with Crippen LogP contribution < -0.4 is 5.73 Å². The molecular weight excluding hydrogens is 238 g/mol.